The summed E-state index contributed by atoms with van der Waals surface area (Å²) in [4.78, 5) is 13.2. The van der Waals surface area contributed by atoms with Gasteiger partial charge >= 0.3 is 0 Å². The highest BCUT2D eigenvalue weighted by atomic mass is 79.9. The van der Waals surface area contributed by atoms with Crippen molar-refractivity contribution in [2.24, 2.45) is 0 Å². The molecule has 146 valence electrons. The summed E-state index contributed by atoms with van der Waals surface area (Å²) >= 11 is 6.97. The van der Waals surface area contributed by atoms with E-state index in [9.17, 15) is 4.79 Å². The second-order valence-electron chi connectivity index (χ2n) is 7.18. The number of halogens is 2. The lowest BCUT2D eigenvalue weighted by Gasteiger charge is -2.32. The summed E-state index contributed by atoms with van der Waals surface area (Å²) in [6, 6.07) is 23.9. The van der Waals surface area contributed by atoms with E-state index >= 15 is 0 Å². The first kappa shape index (κ1) is 20.0. The van der Waals surface area contributed by atoms with Gasteiger partial charge in [-0.3, -0.25) is 4.79 Å². The quantitative estimate of drug-likeness (QED) is 0.331. The number of rotatable bonds is 6. The molecule has 4 nitrogen and oxygen atoms in total. The van der Waals surface area contributed by atoms with Crippen LogP contribution in [0.1, 0.15) is 18.1 Å². The van der Waals surface area contributed by atoms with Gasteiger partial charge < -0.3 is 0 Å². The van der Waals surface area contributed by atoms with E-state index in [-0.39, 0.29) is 5.78 Å². The first-order valence-corrected chi connectivity index (χ1v) is 10.9. The molecule has 0 aliphatic heterocycles. The summed E-state index contributed by atoms with van der Waals surface area (Å²) in [7, 11) is 0. The third-order valence-corrected chi connectivity index (χ3v) is 6.29. The highest BCUT2D eigenvalue weighted by Gasteiger charge is 2.40. The molecule has 0 saturated heterocycles. The Morgan fingerprint density at radius 1 is 0.862 bits per heavy atom. The van der Waals surface area contributed by atoms with Crippen LogP contribution in [0.5, 0.6) is 0 Å². The Kier molecular flexibility index (Phi) is 5.65. The Hall–Kier alpha value is -2.31. The zero-order chi connectivity index (χ0) is 20.4. The van der Waals surface area contributed by atoms with Crippen LogP contribution >= 0.6 is 31.9 Å². The molecule has 0 atom stereocenters. The molecule has 0 fully saturated rings. The molecule has 0 aliphatic carbocycles. The van der Waals surface area contributed by atoms with E-state index in [1.165, 1.54) is 0 Å². The average Bonchev–Trinajstić information content (AvgIpc) is 3.15. The van der Waals surface area contributed by atoms with E-state index in [4.69, 9.17) is 0 Å². The van der Waals surface area contributed by atoms with Crippen molar-refractivity contribution in [3.8, 4) is 0 Å². The third kappa shape index (κ3) is 4.05. The highest BCUT2D eigenvalue weighted by molar-refractivity contribution is 9.10. The molecule has 0 N–H and O–H groups in total. The maximum absolute atomic E-state index is 13.2. The van der Waals surface area contributed by atoms with E-state index in [1.54, 1.807) is 6.92 Å². The van der Waals surface area contributed by atoms with Crippen LogP contribution in [0.2, 0.25) is 0 Å². The first-order valence-electron chi connectivity index (χ1n) is 9.29. The molecule has 0 radical (unpaired) electrons. The van der Waals surface area contributed by atoms with E-state index in [2.05, 4.69) is 42.2 Å². The van der Waals surface area contributed by atoms with E-state index in [0.717, 1.165) is 31.1 Å². The number of ketones is 1. The molecule has 6 heteroatoms. The van der Waals surface area contributed by atoms with Gasteiger partial charge in [0.25, 0.3) is 0 Å². The van der Waals surface area contributed by atoms with Crippen LogP contribution in [0, 0.1) is 0 Å². The minimum Gasteiger partial charge on any atom is -0.297 e. The lowest BCUT2D eigenvalue weighted by Crippen LogP contribution is -2.45. The van der Waals surface area contributed by atoms with Gasteiger partial charge in [0.2, 0.25) is 0 Å². The molecule has 0 aliphatic rings. The third-order valence-electron chi connectivity index (χ3n) is 5.23. The maximum Gasteiger partial charge on any atom is 0.158 e. The van der Waals surface area contributed by atoms with Crippen LogP contribution in [-0.2, 0) is 23.2 Å². The van der Waals surface area contributed by atoms with Gasteiger partial charge in [-0.15, -0.1) is 5.10 Å². The zero-order valence-electron chi connectivity index (χ0n) is 15.8. The second kappa shape index (κ2) is 8.20. The SMILES string of the molecule is CC(=O)C(Cc1ccc(Br)cc1)(Cc1ccc(Br)cc1)n1nnc2ccccc21. The van der Waals surface area contributed by atoms with Crippen LogP contribution in [0.4, 0.5) is 0 Å². The number of carbonyl (C=O) groups is 1. The number of hydrogen-bond acceptors (Lipinski definition) is 3. The van der Waals surface area contributed by atoms with Gasteiger partial charge in [0.1, 0.15) is 11.1 Å². The topological polar surface area (TPSA) is 47.8 Å². The fraction of sp³-hybridized carbons (Fsp3) is 0.174. The van der Waals surface area contributed by atoms with Gasteiger partial charge in [-0.05, 0) is 54.4 Å². The number of para-hydroxylation sites is 1. The van der Waals surface area contributed by atoms with Crippen molar-refractivity contribution < 1.29 is 4.79 Å². The molecule has 4 rings (SSSR count). The highest BCUT2D eigenvalue weighted by Crippen LogP contribution is 2.31. The Labute approximate surface area is 186 Å². The Morgan fingerprint density at radius 2 is 1.38 bits per heavy atom. The molecular weight excluding hydrogens is 494 g/mol. The van der Waals surface area contributed by atoms with Crippen LogP contribution in [0.15, 0.2) is 81.7 Å². The van der Waals surface area contributed by atoms with Crippen LogP contribution in [0.3, 0.4) is 0 Å². The van der Waals surface area contributed by atoms with Crippen molar-refractivity contribution in [3.05, 3.63) is 92.9 Å². The van der Waals surface area contributed by atoms with Gasteiger partial charge in [-0.2, -0.15) is 0 Å². The lowest BCUT2D eigenvalue weighted by molar-refractivity contribution is -0.126. The molecule has 3 aromatic carbocycles. The predicted octanol–water partition coefficient (Wildman–Crippen LogP) is 5.73. The summed E-state index contributed by atoms with van der Waals surface area (Å²) in [5.74, 6) is 0.0546. The van der Waals surface area contributed by atoms with Gasteiger partial charge in [0.05, 0.1) is 5.52 Å². The second-order valence-corrected chi connectivity index (χ2v) is 9.02. The molecule has 1 heterocycles. The monoisotopic (exact) mass is 511 g/mol. The van der Waals surface area contributed by atoms with Crippen LogP contribution in [0.25, 0.3) is 11.0 Å². The van der Waals surface area contributed by atoms with Gasteiger partial charge in [0.15, 0.2) is 5.78 Å². The zero-order valence-corrected chi connectivity index (χ0v) is 19.0. The van der Waals surface area contributed by atoms with E-state index < -0.39 is 5.54 Å². The standard InChI is InChI=1S/C23H19Br2N3O/c1-16(29)23(14-17-6-10-19(24)11-7-17,15-18-8-12-20(25)13-9-18)28-22-5-3-2-4-21(22)26-27-28/h2-13H,14-15H2,1H3. The van der Waals surface area contributed by atoms with Crippen molar-refractivity contribution in [3.63, 3.8) is 0 Å². The lowest BCUT2D eigenvalue weighted by atomic mass is 9.81. The number of nitrogens with zero attached hydrogens (tertiary/aromatic N) is 3. The largest absolute Gasteiger partial charge is 0.297 e. The fourth-order valence-electron chi connectivity index (χ4n) is 3.68. The van der Waals surface area contributed by atoms with Gasteiger partial charge in [-0.25, -0.2) is 4.68 Å². The minimum atomic E-state index is -0.877. The Bertz CT molecular complexity index is 1100. The summed E-state index contributed by atoms with van der Waals surface area (Å²) in [6.45, 7) is 1.65. The maximum atomic E-state index is 13.2. The Morgan fingerprint density at radius 3 is 1.90 bits per heavy atom. The number of benzene rings is 3. The molecule has 0 spiro atoms. The van der Waals surface area contributed by atoms with Crippen LogP contribution in [-0.4, -0.2) is 20.8 Å². The molecule has 0 unspecified atom stereocenters. The van der Waals surface area contributed by atoms with Gasteiger partial charge in [-0.1, -0.05) is 73.5 Å². The number of carbonyl (C=O) groups excluding carboxylic acids is 1. The van der Waals surface area contributed by atoms with Crippen LogP contribution < -0.4 is 0 Å². The summed E-state index contributed by atoms with van der Waals surface area (Å²) in [6.07, 6.45) is 1.05. The number of fused-ring (bicyclic) bond motifs is 1. The summed E-state index contributed by atoms with van der Waals surface area (Å²) < 4.78 is 3.83. The average molecular weight is 513 g/mol. The van der Waals surface area contributed by atoms with Gasteiger partial charge in [0, 0.05) is 21.8 Å². The van der Waals surface area contributed by atoms with Crippen molar-refractivity contribution in [2.45, 2.75) is 25.3 Å². The van der Waals surface area contributed by atoms with Crippen molar-refractivity contribution >= 4 is 48.7 Å². The molecular formula is C23H19Br2N3O. The molecule has 29 heavy (non-hydrogen) atoms. The first-order chi connectivity index (χ1) is 14.0. The molecule has 0 saturated carbocycles. The summed E-state index contributed by atoms with van der Waals surface area (Å²) in [5.41, 5.74) is 2.90. The Balaban J connectivity index is 1.88. The minimum absolute atomic E-state index is 0.0546. The van der Waals surface area contributed by atoms with Crippen molar-refractivity contribution in [1.82, 2.24) is 15.0 Å². The van der Waals surface area contributed by atoms with E-state index in [0.29, 0.717) is 12.8 Å². The molecule has 0 amide bonds. The van der Waals surface area contributed by atoms with Crippen molar-refractivity contribution in [1.29, 1.82) is 0 Å². The normalized spacial score (nSPS) is 11.7. The smallest absolute Gasteiger partial charge is 0.158 e. The number of Topliss-reactive ketones (excluding diaryl/α,β-unsaturated/α-hetero) is 1. The molecule has 4 aromatic rings. The summed E-state index contributed by atoms with van der Waals surface area (Å²) in [5, 5.41) is 8.77. The molecule has 1 aromatic heterocycles. The fourth-order valence-corrected chi connectivity index (χ4v) is 4.20. The van der Waals surface area contributed by atoms with E-state index in [1.807, 2.05) is 77.5 Å². The number of hydrogen-bond donors (Lipinski definition) is 0. The predicted molar refractivity (Wildman–Crippen MR) is 122 cm³/mol. The number of aromatic nitrogens is 3. The molecule has 0 bridgehead atoms. The van der Waals surface area contributed by atoms with Crippen molar-refractivity contribution in [2.75, 3.05) is 0 Å².